The Morgan fingerprint density at radius 1 is 1.12 bits per heavy atom. The van der Waals surface area contributed by atoms with Crippen molar-refractivity contribution in [2.75, 3.05) is 18.5 Å². The highest BCUT2D eigenvalue weighted by Crippen LogP contribution is 2.22. The minimum Gasteiger partial charge on any atom is -0.491 e. The molecule has 134 valence electrons. The molecule has 3 rings (SSSR count). The van der Waals surface area contributed by atoms with Crippen LogP contribution >= 0.6 is 0 Å². The predicted molar refractivity (Wildman–Crippen MR) is 100 cm³/mol. The average Bonchev–Trinajstić information content (AvgIpc) is 3.13. The number of anilines is 1. The number of nitrogens with one attached hydrogen (secondary N) is 1. The molecule has 4 heteroatoms. The molecule has 2 aromatic rings. The molecule has 0 radical (unpaired) electrons. The summed E-state index contributed by atoms with van der Waals surface area (Å²) in [5.74, 6) is 1.81. The number of hydrogen-bond donors (Lipinski definition) is 1. The van der Waals surface area contributed by atoms with Gasteiger partial charge in [0, 0.05) is 24.4 Å². The van der Waals surface area contributed by atoms with E-state index in [-0.39, 0.29) is 12.2 Å². The molecule has 25 heavy (non-hydrogen) atoms. The van der Waals surface area contributed by atoms with Gasteiger partial charge in [0.25, 0.3) is 0 Å². The summed E-state index contributed by atoms with van der Waals surface area (Å²) >= 11 is 0. The molecule has 2 aromatic carbocycles. The van der Waals surface area contributed by atoms with Crippen molar-refractivity contribution in [1.29, 1.82) is 0 Å². The normalized spacial score (nSPS) is 16.8. The van der Waals surface area contributed by atoms with Crippen molar-refractivity contribution >= 4 is 5.69 Å². The van der Waals surface area contributed by atoms with E-state index in [0.717, 1.165) is 48.7 Å². The van der Waals surface area contributed by atoms with Crippen LogP contribution in [-0.4, -0.2) is 25.4 Å². The van der Waals surface area contributed by atoms with E-state index in [9.17, 15) is 0 Å². The van der Waals surface area contributed by atoms with E-state index in [1.165, 1.54) is 0 Å². The highest BCUT2D eigenvalue weighted by Gasteiger charge is 2.15. The van der Waals surface area contributed by atoms with Gasteiger partial charge in [-0.3, -0.25) is 0 Å². The summed E-state index contributed by atoms with van der Waals surface area (Å²) in [7, 11) is 0. The van der Waals surface area contributed by atoms with Crippen molar-refractivity contribution in [1.82, 2.24) is 0 Å². The summed E-state index contributed by atoms with van der Waals surface area (Å²) in [6.07, 6.45) is 2.65. The molecule has 1 atom stereocenters. The molecule has 1 saturated heterocycles. The lowest BCUT2D eigenvalue weighted by Crippen LogP contribution is -2.16. The molecular weight excluding hydrogens is 314 g/mol. The Balaban J connectivity index is 1.51. The van der Waals surface area contributed by atoms with Crippen LogP contribution in [0.2, 0.25) is 0 Å². The molecule has 1 heterocycles. The van der Waals surface area contributed by atoms with Gasteiger partial charge in [0.15, 0.2) is 0 Å². The molecule has 0 amide bonds. The molecular formula is C21H27NO3. The molecule has 0 aliphatic carbocycles. The second-order valence-electron chi connectivity index (χ2n) is 6.60. The van der Waals surface area contributed by atoms with Crippen molar-refractivity contribution in [3.05, 3.63) is 54.1 Å². The Hall–Kier alpha value is -2.20. The first-order chi connectivity index (χ1) is 12.2. The van der Waals surface area contributed by atoms with Crippen molar-refractivity contribution < 1.29 is 14.2 Å². The lowest BCUT2D eigenvalue weighted by Gasteiger charge is -2.15. The molecule has 1 aliphatic heterocycles. The zero-order chi connectivity index (χ0) is 17.5. The van der Waals surface area contributed by atoms with E-state index in [2.05, 4.69) is 11.4 Å². The maximum Gasteiger partial charge on any atom is 0.124 e. The van der Waals surface area contributed by atoms with Crippen LogP contribution in [0, 0.1) is 0 Å². The van der Waals surface area contributed by atoms with Gasteiger partial charge in [-0.25, -0.2) is 0 Å². The topological polar surface area (TPSA) is 39.7 Å². The van der Waals surface area contributed by atoms with E-state index in [4.69, 9.17) is 14.2 Å². The van der Waals surface area contributed by atoms with Crippen LogP contribution in [-0.2, 0) is 11.3 Å². The predicted octanol–water partition coefficient (Wildman–Crippen LogP) is 4.64. The lowest BCUT2D eigenvalue weighted by molar-refractivity contribution is 0.0679. The summed E-state index contributed by atoms with van der Waals surface area (Å²) in [5.41, 5.74) is 2.21. The van der Waals surface area contributed by atoms with Crippen molar-refractivity contribution in [3.8, 4) is 11.5 Å². The van der Waals surface area contributed by atoms with Gasteiger partial charge in [0.05, 0.1) is 12.2 Å². The summed E-state index contributed by atoms with van der Waals surface area (Å²) in [4.78, 5) is 0. The van der Waals surface area contributed by atoms with E-state index in [0.29, 0.717) is 6.61 Å². The molecule has 1 fully saturated rings. The fraction of sp³-hybridized carbons (Fsp3) is 0.429. The zero-order valence-electron chi connectivity index (χ0n) is 15.0. The fourth-order valence-corrected chi connectivity index (χ4v) is 2.85. The standard InChI is InChI=1S/C21H27NO3/c1-16(2)25-21-8-4-3-6-17(21)14-22-18-9-11-19(12-10-18)24-15-20-7-5-13-23-20/h3-4,6,8-12,16,20,22H,5,7,13-15H2,1-2H3. The van der Waals surface area contributed by atoms with Crippen LogP contribution in [0.15, 0.2) is 48.5 Å². The van der Waals surface area contributed by atoms with Crippen LogP contribution in [0.1, 0.15) is 32.3 Å². The number of para-hydroxylation sites is 1. The zero-order valence-corrected chi connectivity index (χ0v) is 15.0. The maximum atomic E-state index is 5.86. The Labute approximate surface area is 150 Å². The van der Waals surface area contributed by atoms with Gasteiger partial charge in [-0.05, 0) is 57.0 Å². The van der Waals surface area contributed by atoms with Gasteiger partial charge in [-0.1, -0.05) is 18.2 Å². The molecule has 1 N–H and O–H groups in total. The maximum absolute atomic E-state index is 5.86. The molecule has 0 aromatic heterocycles. The van der Waals surface area contributed by atoms with Crippen molar-refractivity contribution in [2.45, 2.75) is 45.4 Å². The van der Waals surface area contributed by atoms with Crippen LogP contribution in [0.25, 0.3) is 0 Å². The minimum atomic E-state index is 0.168. The molecule has 0 bridgehead atoms. The van der Waals surface area contributed by atoms with Crippen LogP contribution < -0.4 is 14.8 Å². The van der Waals surface area contributed by atoms with Crippen molar-refractivity contribution in [2.24, 2.45) is 0 Å². The van der Waals surface area contributed by atoms with E-state index in [1.807, 2.05) is 56.3 Å². The van der Waals surface area contributed by atoms with Gasteiger partial charge in [-0.15, -0.1) is 0 Å². The monoisotopic (exact) mass is 341 g/mol. The highest BCUT2D eigenvalue weighted by molar-refractivity contribution is 5.48. The quantitative estimate of drug-likeness (QED) is 0.759. The number of rotatable bonds is 8. The van der Waals surface area contributed by atoms with Crippen molar-refractivity contribution in [3.63, 3.8) is 0 Å². The van der Waals surface area contributed by atoms with Crippen LogP contribution in [0.3, 0.4) is 0 Å². The van der Waals surface area contributed by atoms with Gasteiger partial charge in [0.1, 0.15) is 18.1 Å². The smallest absolute Gasteiger partial charge is 0.124 e. The van der Waals surface area contributed by atoms with E-state index < -0.39 is 0 Å². The van der Waals surface area contributed by atoms with E-state index in [1.54, 1.807) is 0 Å². The second-order valence-corrected chi connectivity index (χ2v) is 6.60. The molecule has 1 aliphatic rings. The van der Waals surface area contributed by atoms with Crippen LogP contribution in [0.5, 0.6) is 11.5 Å². The Kier molecular flexibility index (Phi) is 6.18. The summed E-state index contributed by atoms with van der Waals surface area (Å²) < 4.78 is 17.2. The largest absolute Gasteiger partial charge is 0.491 e. The van der Waals surface area contributed by atoms with Crippen LogP contribution in [0.4, 0.5) is 5.69 Å². The second kappa shape index (κ2) is 8.77. The minimum absolute atomic E-state index is 0.168. The molecule has 4 nitrogen and oxygen atoms in total. The fourth-order valence-electron chi connectivity index (χ4n) is 2.85. The summed E-state index contributed by atoms with van der Waals surface area (Å²) in [6, 6.07) is 16.2. The number of ether oxygens (including phenoxy) is 3. The third-order valence-electron chi connectivity index (χ3n) is 4.13. The van der Waals surface area contributed by atoms with Gasteiger partial charge in [0.2, 0.25) is 0 Å². The molecule has 0 spiro atoms. The number of benzene rings is 2. The van der Waals surface area contributed by atoms with E-state index >= 15 is 0 Å². The lowest BCUT2D eigenvalue weighted by atomic mass is 10.2. The summed E-state index contributed by atoms with van der Waals surface area (Å²) in [6.45, 7) is 6.30. The van der Waals surface area contributed by atoms with Gasteiger partial charge >= 0.3 is 0 Å². The first kappa shape index (κ1) is 17.6. The Morgan fingerprint density at radius 2 is 1.92 bits per heavy atom. The van der Waals surface area contributed by atoms with Gasteiger partial charge < -0.3 is 19.5 Å². The molecule has 1 unspecified atom stereocenters. The third kappa shape index (κ3) is 5.40. The Morgan fingerprint density at radius 3 is 2.64 bits per heavy atom. The third-order valence-corrected chi connectivity index (χ3v) is 4.13. The SMILES string of the molecule is CC(C)Oc1ccccc1CNc1ccc(OCC2CCCO2)cc1. The molecule has 0 saturated carbocycles. The first-order valence-electron chi connectivity index (χ1n) is 9.03. The summed E-state index contributed by atoms with van der Waals surface area (Å²) in [5, 5.41) is 3.44. The Bertz CT molecular complexity index is 648. The highest BCUT2D eigenvalue weighted by atomic mass is 16.5. The number of hydrogen-bond acceptors (Lipinski definition) is 4. The average molecular weight is 341 g/mol. The van der Waals surface area contributed by atoms with Gasteiger partial charge in [-0.2, -0.15) is 0 Å². The first-order valence-corrected chi connectivity index (χ1v) is 9.03.